The van der Waals surface area contributed by atoms with Crippen molar-refractivity contribution in [3.8, 4) is 11.5 Å². The van der Waals surface area contributed by atoms with Gasteiger partial charge in [0.25, 0.3) is 11.8 Å². The summed E-state index contributed by atoms with van der Waals surface area (Å²) in [6.45, 7) is 4.43. The van der Waals surface area contributed by atoms with Crippen molar-refractivity contribution < 1.29 is 28.7 Å². The summed E-state index contributed by atoms with van der Waals surface area (Å²) in [7, 11) is 6.04. The Morgan fingerprint density at radius 1 is 0.562 bits per heavy atom. The molecule has 12 nitrogen and oxygen atoms in total. The van der Waals surface area contributed by atoms with Gasteiger partial charge in [0.1, 0.15) is 37.1 Å². The standard InChI is InChI=1S/C32H44Br4N6O6/c1-45-29-23(33)15-21(16-24(29)34)19-27(41-47-3)31(43)39-13-7-11-37-9-5-6-10-38-12-8-14-40-32(44)28(42-48-4)20-22-17-25(35)30(46-2)26(36)18-22/h15-18,37-38H,5-14,19-20H2,1-4H3,(H,39,43)(H,40,44)/b41-27+,42-28+. The minimum absolute atomic E-state index is 0.260. The average molecular weight is 928 g/mol. The number of oxime groups is 2. The minimum atomic E-state index is -0.260. The van der Waals surface area contributed by atoms with Crippen molar-refractivity contribution in [2.75, 3.05) is 67.7 Å². The van der Waals surface area contributed by atoms with Crippen LogP contribution in [0, 0.1) is 0 Å². The SMILES string of the molecule is CO/N=C(\Cc1cc(Br)c(OC)c(Br)c1)C(=O)NCCCNCCCCNCCCNC(=O)/C(Cc1cc(Br)c(OC)c(Br)c1)=N/OC. The molecule has 0 aliphatic heterocycles. The number of hydrogen-bond acceptors (Lipinski definition) is 10. The highest BCUT2D eigenvalue weighted by molar-refractivity contribution is 9.11. The van der Waals surface area contributed by atoms with Crippen LogP contribution >= 0.6 is 63.7 Å². The zero-order chi connectivity index (χ0) is 35.3. The van der Waals surface area contributed by atoms with Crippen LogP contribution in [-0.2, 0) is 32.1 Å². The molecule has 2 aromatic rings. The van der Waals surface area contributed by atoms with Crippen LogP contribution < -0.4 is 30.7 Å². The van der Waals surface area contributed by atoms with E-state index in [2.05, 4.69) is 95.3 Å². The third-order valence-corrected chi connectivity index (χ3v) is 9.14. The predicted octanol–water partition coefficient (Wildman–Crippen LogP) is 5.52. The molecule has 0 bridgehead atoms. The van der Waals surface area contributed by atoms with Crippen molar-refractivity contribution in [3.63, 3.8) is 0 Å². The smallest absolute Gasteiger partial charge is 0.269 e. The fourth-order valence-electron chi connectivity index (χ4n) is 4.52. The monoisotopic (exact) mass is 924 g/mol. The lowest BCUT2D eigenvalue weighted by Crippen LogP contribution is -2.34. The summed E-state index contributed by atoms with van der Waals surface area (Å²) in [6.07, 6.45) is 4.27. The van der Waals surface area contributed by atoms with E-state index in [9.17, 15) is 9.59 Å². The molecule has 2 amide bonds. The first kappa shape index (κ1) is 41.9. The molecule has 0 aliphatic carbocycles. The average Bonchev–Trinajstić information content (AvgIpc) is 3.04. The highest BCUT2D eigenvalue weighted by atomic mass is 79.9. The molecule has 2 aromatic carbocycles. The van der Waals surface area contributed by atoms with Gasteiger partial charge in [0, 0.05) is 25.9 Å². The van der Waals surface area contributed by atoms with E-state index in [1.165, 1.54) is 14.2 Å². The van der Waals surface area contributed by atoms with Crippen molar-refractivity contribution in [3.05, 3.63) is 53.3 Å². The largest absolute Gasteiger partial charge is 0.494 e. The maximum atomic E-state index is 12.7. The molecular weight excluding hydrogens is 884 g/mol. The van der Waals surface area contributed by atoms with E-state index in [1.54, 1.807) is 14.2 Å². The molecule has 0 aliphatic rings. The first-order valence-corrected chi connectivity index (χ1v) is 18.5. The van der Waals surface area contributed by atoms with Gasteiger partial charge in [-0.3, -0.25) is 9.59 Å². The van der Waals surface area contributed by atoms with Gasteiger partial charge in [-0.1, -0.05) is 10.3 Å². The van der Waals surface area contributed by atoms with E-state index in [0.29, 0.717) is 48.9 Å². The fourth-order valence-corrected chi connectivity index (χ4v) is 7.73. The topological polar surface area (TPSA) is 144 Å². The maximum absolute atomic E-state index is 12.7. The quantitative estimate of drug-likeness (QED) is 0.0650. The normalized spacial score (nSPS) is 11.7. The van der Waals surface area contributed by atoms with E-state index in [4.69, 9.17) is 19.1 Å². The summed E-state index contributed by atoms with van der Waals surface area (Å²) < 4.78 is 13.8. The number of benzene rings is 2. The van der Waals surface area contributed by atoms with Crippen LogP contribution in [0.5, 0.6) is 11.5 Å². The Bertz CT molecular complexity index is 1250. The van der Waals surface area contributed by atoms with Crippen LogP contribution in [-0.4, -0.2) is 90.9 Å². The molecule has 4 N–H and O–H groups in total. The number of rotatable bonds is 23. The van der Waals surface area contributed by atoms with E-state index in [-0.39, 0.29) is 11.8 Å². The Kier molecular flexibility index (Phi) is 21.0. The first-order chi connectivity index (χ1) is 23.1. The molecule has 2 rings (SSSR count). The Morgan fingerprint density at radius 3 is 1.21 bits per heavy atom. The van der Waals surface area contributed by atoms with Gasteiger partial charge in [-0.2, -0.15) is 0 Å². The van der Waals surface area contributed by atoms with E-state index >= 15 is 0 Å². The number of methoxy groups -OCH3 is 2. The highest BCUT2D eigenvalue weighted by Crippen LogP contribution is 2.35. The number of nitrogens with zero attached hydrogens (tertiary/aromatic N) is 2. The van der Waals surface area contributed by atoms with Gasteiger partial charge in [0.15, 0.2) is 0 Å². The summed E-state index contributed by atoms with van der Waals surface area (Å²) >= 11 is 13.9. The maximum Gasteiger partial charge on any atom is 0.269 e. The third kappa shape index (κ3) is 15.1. The minimum Gasteiger partial charge on any atom is -0.494 e. The number of ether oxygens (including phenoxy) is 2. The highest BCUT2D eigenvalue weighted by Gasteiger charge is 2.17. The Morgan fingerprint density at radius 2 is 0.896 bits per heavy atom. The van der Waals surface area contributed by atoms with Crippen LogP contribution in [0.15, 0.2) is 52.5 Å². The molecule has 48 heavy (non-hydrogen) atoms. The molecule has 0 unspecified atom stereocenters. The second kappa shape index (κ2) is 24.0. The first-order valence-electron chi connectivity index (χ1n) is 15.4. The van der Waals surface area contributed by atoms with Crippen LogP contribution in [0.1, 0.15) is 36.8 Å². The molecule has 0 aromatic heterocycles. The van der Waals surface area contributed by atoms with Crippen molar-refractivity contribution in [1.82, 2.24) is 21.3 Å². The van der Waals surface area contributed by atoms with Crippen LogP contribution in [0.4, 0.5) is 0 Å². The Hall–Kier alpha value is -2.24. The number of carbonyl (C=O) groups is 2. The summed E-state index contributed by atoms with van der Waals surface area (Å²) in [6, 6.07) is 7.56. The molecule has 0 spiro atoms. The number of nitrogens with one attached hydrogen (secondary N) is 4. The van der Waals surface area contributed by atoms with Gasteiger partial charge in [-0.15, -0.1) is 0 Å². The lowest BCUT2D eigenvalue weighted by Gasteiger charge is -2.11. The number of halogens is 4. The second-order valence-electron chi connectivity index (χ2n) is 10.4. The molecule has 0 saturated carbocycles. The second-order valence-corrected chi connectivity index (χ2v) is 13.8. The zero-order valence-electron chi connectivity index (χ0n) is 27.7. The third-order valence-electron chi connectivity index (χ3n) is 6.78. The number of hydrogen-bond donors (Lipinski definition) is 4. The van der Waals surface area contributed by atoms with Crippen molar-refractivity contribution >= 4 is 87.0 Å². The predicted molar refractivity (Wildman–Crippen MR) is 203 cm³/mol. The number of carbonyl (C=O) groups excluding carboxylic acids is 2. The molecule has 16 heteroatoms. The van der Waals surface area contributed by atoms with Crippen LogP contribution in [0.25, 0.3) is 0 Å². The molecule has 0 heterocycles. The van der Waals surface area contributed by atoms with Gasteiger partial charge in [0.2, 0.25) is 0 Å². The Balaban J connectivity index is 1.54. The van der Waals surface area contributed by atoms with E-state index in [1.807, 2.05) is 24.3 Å². The molecule has 0 atom stereocenters. The molecule has 0 fully saturated rings. The summed E-state index contributed by atoms with van der Waals surface area (Å²) in [5.41, 5.74) is 2.35. The molecule has 266 valence electrons. The van der Waals surface area contributed by atoms with Crippen LogP contribution in [0.3, 0.4) is 0 Å². The zero-order valence-corrected chi connectivity index (χ0v) is 34.0. The summed E-state index contributed by atoms with van der Waals surface area (Å²) in [5, 5.41) is 20.5. The van der Waals surface area contributed by atoms with E-state index in [0.717, 1.165) is 80.9 Å². The van der Waals surface area contributed by atoms with Gasteiger partial charge < -0.3 is 40.4 Å². The lowest BCUT2D eigenvalue weighted by atomic mass is 10.1. The molecule has 0 saturated heterocycles. The van der Waals surface area contributed by atoms with Gasteiger partial charge in [-0.05, 0) is 151 Å². The van der Waals surface area contributed by atoms with Crippen molar-refractivity contribution in [2.45, 2.75) is 38.5 Å². The molecule has 0 radical (unpaired) electrons. The van der Waals surface area contributed by atoms with Gasteiger partial charge >= 0.3 is 0 Å². The van der Waals surface area contributed by atoms with Crippen molar-refractivity contribution in [2.24, 2.45) is 10.3 Å². The summed E-state index contributed by atoms with van der Waals surface area (Å²) in [4.78, 5) is 35.2. The Labute approximate surface area is 316 Å². The fraction of sp³-hybridized carbons (Fsp3) is 0.500. The van der Waals surface area contributed by atoms with Gasteiger partial charge in [0.05, 0.1) is 32.1 Å². The van der Waals surface area contributed by atoms with Crippen LogP contribution in [0.2, 0.25) is 0 Å². The van der Waals surface area contributed by atoms with Crippen molar-refractivity contribution in [1.29, 1.82) is 0 Å². The number of unbranched alkanes of at least 4 members (excludes halogenated alkanes) is 1. The number of amides is 2. The molecular formula is C32H44Br4N6O6. The van der Waals surface area contributed by atoms with Gasteiger partial charge in [-0.25, -0.2) is 0 Å². The summed E-state index contributed by atoms with van der Waals surface area (Å²) in [5.74, 6) is 0.849. The van der Waals surface area contributed by atoms with E-state index < -0.39 is 0 Å². The lowest BCUT2D eigenvalue weighted by molar-refractivity contribution is -0.115.